The summed E-state index contributed by atoms with van der Waals surface area (Å²) in [5.74, 6) is 0.585. The number of amides is 2. The highest BCUT2D eigenvalue weighted by Gasteiger charge is 2.24. The minimum absolute atomic E-state index is 0.0174. The van der Waals surface area contributed by atoms with Crippen LogP contribution in [0.3, 0.4) is 0 Å². The second-order valence-electron chi connectivity index (χ2n) is 5.70. The van der Waals surface area contributed by atoms with Crippen molar-refractivity contribution in [1.29, 1.82) is 0 Å². The van der Waals surface area contributed by atoms with Crippen molar-refractivity contribution >= 4 is 17.8 Å². The van der Waals surface area contributed by atoms with Crippen LogP contribution in [0.1, 0.15) is 13.3 Å². The van der Waals surface area contributed by atoms with Gasteiger partial charge in [-0.15, -0.1) is 0 Å². The standard InChI is InChI=1S/C16H25N5O3/c1-14(22)21(7-4-12-24-2)13-15(23)19-8-10-20(11-9-19)16-17-5-3-6-18-16/h3,5-6H,4,7-13H2,1-2H3. The number of carbonyl (C=O) groups is 2. The van der Waals surface area contributed by atoms with Crippen LogP contribution in [0.5, 0.6) is 0 Å². The third kappa shape index (κ3) is 5.16. The molecule has 132 valence electrons. The van der Waals surface area contributed by atoms with Crippen molar-refractivity contribution in [2.75, 3.05) is 57.9 Å². The summed E-state index contributed by atoms with van der Waals surface area (Å²) in [7, 11) is 1.62. The predicted molar refractivity (Wildman–Crippen MR) is 89.6 cm³/mol. The molecule has 1 fully saturated rings. The maximum Gasteiger partial charge on any atom is 0.242 e. The smallest absolute Gasteiger partial charge is 0.242 e. The van der Waals surface area contributed by atoms with Crippen molar-refractivity contribution < 1.29 is 14.3 Å². The lowest BCUT2D eigenvalue weighted by atomic mass is 10.3. The van der Waals surface area contributed by atoms with Gasteiger partial charge in [0.25, 0.3) is 0 Å². The molecule has 0 bridgehead atoms. The Bertz CT molecular complexity index is 532. The van der Waals surface area contributed by atoms with Crippen molar-refractivity contribution in [3.8, 4) is 0 Å². The summed E-state index contributed by atoms with van der Waals surface area (Å²) in [6, 6.07) is 1.78. The number of carbonyl (C=O) groups excluding carboxylic acids is 2. The summed E-state index contributed by atoms with van der Waals surface area (Å²) < 4.78 is 5.00. The van der Waals surface area contributed by atoms with E-state index in [4.69, 9.17) is 4.74 Å². The summed E-state index contributed by atoms with van der Waals surface area (Å²) in [4.78, 5) is 38.0. The van der Waals surface area contributed by atoms with Gasteiger partial charge in [-0.2, -0.15) is 0 Å². The zero-order valence-corrected chi connectivity index (χ0v) is 14.3. The molecular weight excluding hydrogens is 310 g/mol. The van der Waals surface area contributed by atoms with E-state index in [-0.39, 0.29) is 18.4 Å². The van der Waals surface area contributed by atoms with Crippen molar-refractivity contribution in [2.45, 2.75) is 13.3 Å². The van der Waals surface area contributed by atoms with Gasteiger partial charge in [0.15, 0.2) is 0 Å². The van der Waals surface area contributed by atoms with Crippen LogP contribution in [-0.2, 0) is 14.3 Å². The summed E-state index contributed by atoms with van der Waals surface area (Å²) in [5, 5.41) is 0. The maximum absolute atomic E-state index is 12.4. The molecule has 0 N–H and O–H groups in total. The average Bonchev–Trinajstić information content (AvgIpc) is 2.61. The fourth-order valence-electron chi connectivity index (χ4n) is 2.62. The van der Waals surface area contributed by atoms with E-state index in [0.29, 0.717) is 45.3 Å². The van der Waals surface area contributed by atoms with E-state index >= 15 is 0 Å². The molecule has 8 nitrogen and oxygen atoms in total. The van der Waals surface area contributed by atoms with Gasteiger partial charge in [0.2, 0.25) is 17.8 Å². The van der Waals surface area contributed by atoms with Crippen LogP contribution in [0.15, 0.2) is 18.5 Å². The van der Waals surface area contributed by atoms with Crippen molar-refractivity contribution in [3.63, 3.8) is 0 Å². The molecular formula is C16H25N5O3. The molecule has 2 heterocycles. The number of anilines is 1. The molecule has 2 rings (SSSR count). The van der Waals surface area contributed by atoms with Crippen molar-refractivity contribution in [2.24, 2.45) is 0 Å². The Kier molecular flexibility index (Phi) is 6.92. The molecule has 1 saturated heterocycles. The predicted octanol–water partition coefficient (Wildman–Crippen LogP) is 0.0102. The van der Waals surface area contributed by atoms with E-state index in [9.17, 15) is 9.59 Å². The molecule has 1 aromatic rings. The summed E-state index contributed by atoms with van der Waals surface area (Å²) in [6.07, 6.45) is 4.15. The van der Waals surface area contributed by atoms with E-state index in [2.05, 4.69) is 14.9 Å². The van der Waals surface area contributed by atoms with Gasteiger partial charge in [-0.05, 0) is 12.5 Å². The Hall–Kier alpha value is -2.22. The largest absolute Gasteiger partial charge is 0.385 e. The van der Waals surface area contributed by atoms with Crippen LogP contribution in [-0.4, -0.2) is 84.6 Å². The molecule has 0 atom stereocenters. The van der Waals surface area contributed by atoms with Crippen LogP contribution < -0.4 is 4.90 Å². The van der Waals surface area contributed by atoms with Gasteiger partial charge in [-0.25, -0.2) is 9.97 Å². The third-order valence-electron chi connectivity index (χ3n) is 4.02. The lowest BCUT2D eigenvalue weighted by Gasteiger charge is -2.35. The Balaban J connectivity index is 1.82. The molecule has 0 radical (unpaired) electrons. The molecule has 0 unspecified atom stereocenters. The van der Waals surface area contributed by atoms with Gasteiger partial charge in [0.05, 0.1) is 6.54 Å². The number of nitrogens with zero attached hydrogens (tertiary/aromatic N) is 5. The molecule has 1 aliphatic heterocycles. The normalized spacial score (nSPS) is 14.6. The highest BCUT2D eigenvalue weighted by Crippen LogP contribution is 2.10. The van der Waals surface area contributed by atoms with Crippen molar-refractivity contribution in [1.82, 2.24) is 19.8 Å². The number of hydrogen-bond acceptors (Lipinski definition) is 6. The van der Waals surface area contributed by atoms with Gasteiger partial charge >= 0.3 is 0 Å². The lowest BCUT2D eigenvalue weighted by Crippen LogP contribution is -2.52. The lowest BCUT2D eigenvalue weighted by molar-refractivity contribution is -0.139. The van der Waals surface area contributed by atoms with Crippen LogP contribution in [0, 0.1) is 0 Å². The number of aromatic nitrogens is 2. The van der Waals surface area contributed by atoms with Crippen LogP contribution in [0.4, 0.5) is 5.95 Å². The first-order chi connectivity index (χ1) is 11.6. The highest BCUT2D eigenvalue weighted by atomic mass is 16.5. The molecule has 8 heteroatoms. The van der Waals surface area contributed by atoms with E-state index in [0.717, 1.165) is 6.42 Å². The number of hydrogen-bond donors (Lipinski definition) is 0. The monoisotopic (exact) mass is 335 g/mol. The van der Waals surface area contributed by atoms with Gasteiger partial charge in [0.1, 0.15) is 0 Å². The van der Waals surface area contributed by atoms with Crippen molar-refractivity contribution in [3.05, 3.63) is 18.5 Å². The fourth-order valence-corrected chi connectivity index (χ4v) is 2.62. The van der Waals surface area contributed by atoms with E-state index in [1.54, 1.807) is 35.4 Å². The third-order valence-corrected chi connectivity index (χ3v) is 4.02. The Labute approximate surface area is 142 Å². The second-order valence-corrected chi connectivity index (χ2v) is 5.70. The summed E-state index contributed by atoms with van der Waals surface area (Å²) in [6.45, 7) is 5.34. The first kappa shape index (κ1) is 18.1. The number of rotatable bonds is 7. The summed E-state index contributed by atoms with van der Waals surface area (Å²) >= 11 is 0. The molecule has 24 heavy (non-hydrogen) atoms. The molecule has 0 saturated carbocycles. The highest BCUT2D eigenvalue weighted by molar-refractivity contribution is 5.84. The average molecular weight is 335 g/mol. The van der Waals surface area contributed by atoms with E-state index < -0.39 is 0 Å². The van der Waals surface area contributed by atoms with Crippen LogP contribution in [0.25, 0.3) is 0 Å². The molecule has 2 amide bonds. The van der Waals surface area contributed by atoms with Gasteiger partial charge in [-0.1, -0.05) is 0 Å². The number of piperazine rings is 1. The van der Waals surface area contributed by atoms with Crippen LogP contribution >= 0.6 is 0 Å². The van der Waals surface area contributed by atoms with E-state index in [1.807, 2.05) is 0 Å². The molecule has 0 aliphatic carbocycles. The first-order valence-corrected chi connectivity index (χ1v) is 8.16. The molecule has 0 spiro atoms. The Morgan fingerprint density at radius 3 is 2.46 bits per heavy atom. The minimum atomic E-state index is -0.0872. The first-order valence-electron chi connectivity index (χ1n) is 8.16. The zero-order valence-electron chi connectivity index (χ0n) is 14.3. The zero-order chi connectivity index (χ0) is 17.4. The topological polar surface area (TPSA) is 78.9 Å². The number of methoxy groups -OCH3 is 1. The van der Waals surface area contributed by atoms with E-state index in [1.165, 1.54) is 6.92 Å². The molecule has 1 aliphatic rings. The van der Waals surface area contributed by atoms with Gasteiger partial charge in [0, 0.05) is 65.8 Å². The minimum Gasteiger partial charge on any atom is -0.385 e. The second kappa shape index (κ2) is 9.17. The fraction of sp³-hybridized carbons (Fsp3) is 0.625. The van der Waals surface area contributed by atoms with Crippen LogP contribution in [0.2, 0.25) is 0 Å². The molecule has 1 aromatic heterocycles. The molecule has 0 aromatic carbocycles. The SMILES string of the molecule is COCCCN(CC(=O)N1CCN(c2ncccn2)CC1)C(C)=O. The van der Waals surface area contributed by atoms with Gasteiger partial charge in [-0.3, -0.25) is 9.59 Å². The Morgan fingerprint density at radius 2 is 1.88 bits per heavy atom. The summed E-state index contributed by atoms with van der Waals surface area (Å²) in [5.41, 5.74) is 0. The number of ether oxygens (including phenoxy) is 1. The van der Waals surface area contributed by atoms with Gasteiger partial charge < -0.3 is 19.4 Å². The quantitative estimate of drug-likeness (QED) is 0.653. The maximum atomic E-state index is 12.4. The Morgan fingerprint density at radius 1 is 1.21 bits per heavy atom.